The molecule has 7 heteroatoms. The number of oxime groups is 1. The van der Waals surface area contributed by atoms with Gasteiger partial charge in [-0.25, -0.2) is 4.79 Å². The van der Waals surface area contributed by atoms with Crippen LogP contribution >= 0.6 is 11.6 Å². The largest absolute Gasteiger partial charge is 0.444 e. The van der Waals surface area contributed by atoms with Crippen LogP contribution in [-0.4, -0.2) is 46.0 Å². The molecule has 0 aromatic carbocycles. The van der Waals surface area contributed by atoms with Crippen LogP contribution in [0.1, 0.15) is 45.7 Å². The van der Waals surface area contributed by atoms with Gasteiger partial charge in [0.1, 0.15) is 22.6 Å². The SMILES string of the molecule is CC(C)(C)OC(=O)N1CCC2(CC1)CC(c1ncccc1Cl)=NO2. The second-order valence-corrected chi connectivity index (χ2v) is 7.70. The van der Waals surface area contributed by atoms with Crippen LogP contribution < -0.4 is 0 Å². The average molecular weight is 352 g/mol. The van der Waals surface area contributed by atoms with Crippen LogP contribution in [0.15, 0.2) is 23.5 Å². The molecule has 2 aliphatic rings. The first-order valence-electron chi connectivity index (χ1n) is 8.12. The van der Waals surface area contributed by atoms with Gasteiger partial charge in [0.25, 0.3) is 0 Å². The number of hydrogen-bond donors (Lipinski definition) is 0. The molecule has 3 rings (SSSR count). The van der Waals surface area contributed by atoms with E-state index in [2.05, 4.69) is 10.1 Å². The van der Waals surface area contributed by atoms with Gasteiger partial charge in [-0.15, -0.1) is 0 Å². The lowest BCUT2D eigenvalue weighted by atomic mass is 9.86. The van der Waals surface area contributed by atoms with Crippen LogP contribution in [0, 0.1) is 0 Å². The minimum absolute atomic E-state index is 0.274. The Bertz CT molecular complexity index is 661. The number of aromatic nitrogens is 1. The van der Waals surface area contributed by atoms with Gasteiger partial charge in [0, 0.05) is 38.5 Å². The van der Waals surface area contributed by atoms with Crippen molar-refractivity contribution < 1.29 is 14.4 Å². The van der Waals surface area contributed by atoms with E-state index in [4.69, 9.17) is 21.2 Å². The lowest BCUT2D eigenvalue weighted by Crippen LogP contribution is -2.48. The number of ether oxygens (including phenoxy) is 1. The summed E-state index contributed by atoms with van der Waals surface area (Å²) in [5.41, 5.74) is 0.591. The molecule has 24 heavy (non-hydrogen) atoms. The number of carbonyl (C=O) groups excluding carboxylic acids is 1. The zero-order valence-corrected chi connectivity index (χ0v) is 15.0. The van der Waals surface area contributed by atoms with E-state index in [1.165, 1.54) is 0 Å². The van der Waals surface area contributed by atoms with E-state index >= 15 is 0 Å². The van der Waals surface area contributed by atoms with Crippen molar-refractivity contribution in [1.82, 2.24) is 9.88 Å². The predicted octanol–water partition coefficient (Wildman–Crippen LogP) is 3.63. The Morgan fingerprint density at radius 3 is 2.71 bits per heavy atom. The number of piperidine rings is 1. The maximum atomic E-state index is 12.2. The molecule has 130 valence electrons. The highest BCUT2D eigenvalue weighted by atomic mass is 35.5. The van der Waals surface area contributed by atoms with Crippen LogP contribution in [-0.2, 0) is 9.57 Å². The topological polar surface area (TPSA) is 64.0 Å². The van der Waals surface area contributed by atoms with Crippen molar-refractivity contribution in [3.05, 3.63) is 29.0 Å². The molecular weight excluding hydrogens is 330 g/mol. The smallest absolute Gasteiger partial charge is 0.410 e. The number of likely N-dealkylation sites (tertiary alicyclic amines) is 1. The molecule has 0 aliphatic carbocycles. The standard InChI is InChI=1S/C17H22ClN3O3/c1-16(2,3)23-15(22)21-9-6-17(7-10-21)11-13(20-24-17)14-12(18)5-4-8-19-14/h4-5,8H,6-7,9-11H2,1-3H3. The summed E-state index contributed by atoms with van der Waals surface area (Å²) in [5, 5.41) is 4.78. The van der Waals surface area contributed by atoms with Crippen molar-refractivity contribution in [3.63, 3.8) is 0 Å². The highest BCUT2D eigenvalue weighted by Gasteiger charge is 2.44. The molecule has 0 N–H and O–H groups in total. The van der Waals surface area contributed by atoms with Gasteiger partial charge in [-0.05, 0) is 32.9 Å². The number of halogens is 1. The molecule has 0 saturated carbocycles. The highest BCUT2D eigenvalue weighted by Crippen LogP contribution is 2.37. The molecule has 0 unspecified atom stereocenters. The van der Waals surface area contributed by atoms with Gasteiger partial charge < -0.3 is 14.5 Å². The number of pyridine rings is 1. The van der Waals surface area contributed by atoms with Crippen LogP contribution in [0.4, 0.5) is 4.79 Å². The van der Waals surface area contributed by atoms with Gasteiger partial charge in [0.2, 0.25) is 0 Å². The van der Waals surface area contributed by atoms with Gasteiger partial charge in [-0.1, -0.05) is 16.8 Å². The number of hydrogen-bond acceptors (Lipinski definition) is 5. The fourth-order valence-electron chi connectivity index (χ4n) is 2.94. The molecular formula is C17H22ClN3O3. The number of rotatable bonds is 1. The molecule has 1 saturated heterocycles. The Morgan fingerprint density at radius 1 is 1.38 bits per heavy atom. The van der Waals surface area contributed by atoms with Crippen molar-refractivity contribution in [3.8, 4) is 0 Å². The van der Waals surface area contributed by atoms with E-state index in [9.17, 15) is 4.79 Å². The fourth-order valence-corrected chi connectivity index (χ4v) is 3.17. The Morgan fingerprint density at radius 2 is 2.08 bits per heavy atom. The minimum atomic E-state index is -0.484. The van der Waals surface area contributed by atoms with Crippen molar-refractivity contribution in [2.75, 3.05) is 13.1 Å². The van der Waals surface area contributed by atoms with Gasteiger partial charge in [0.05, 0.1) is 5.02 Å². The maximum absolute atomic E-state index is 12.2. The Labute approximate surface area is 146 Å². The predicted molar refractivity (Wildman–Crippen MR) is 91.3 cm³/mol. The van der Waals surface area contributed by atoms with Crippen LogP contribution in [0.25, 0.3) is 0 Å². The lowest BCUT2D eigenvalue weighted by molar-refractivity contribution is -0.0639. The van der Waals surface area contributed by atoms with Gasteiger partial charge in [-0.2, -0.15) is 0 Å². The summed E-state index contributed by atoms with van der Waals surface area (Å²) in [6.07, 6.45) is 3.50. The molecule has 1 aromatic rings. The average Bonchev–Trinajstić information content (AvgIpc) is 2.90. The summed E-state index contributed by atoms with van der Waals surface area (Å²) in [4.78, 5) is 23.9. The van der Waals surface area contributed by atoms with Crippen LogP contribution in [0.3, 0.4) is 0 Å². The lowest BCUT2D eigenvalue weighted by Gasteiger charge is -2.37. The normalized spacial score (nSPS) is 19.8. The second-order valence-electron chi connectivity index (χ2n) is 7.29. The molecule has 0 bridgehead atoms. The summed E-state index contributed by atoms with van der Waals surface area (Å²) in [6, 6.07) is 3.58. The number of carbonyl (C=O) groups is 1. The summed E-state index contributed by atoms with van der Waals surface area (Å²) >= 11 is 6.19. The molecule has 1 fully saturated rings. The van der Waals surface area contributed by atoms with Crippen molar-refractivity contribution in [1.29, 1.82) is 0 Å². The number of nitrogens with zero attached hydrogens (tertiary/aromatic N) is 3. The molecule has 1 amide bonds. The Balaban J connectivity index is 1.60. The monoisotopic (exact) mass is 351 g/mol. The van der Waals surface area contributed by atoms with E-state index < -0.39 is 5.60 Å². The Hall–Kier alpha value is -1.82. The van der Waals surface area contributed by atoms with E-state index in [0.717, 1.165) is 5.71 Å². The first kappa shape index (κ1) is 17.0. The van der Waals surface area contributed by atoms with Gasteiger partial charge >= 0.3 is 6.09 Å². The molecule has 6 nitrogen and oxygen atoms in total. The Kier molecular flexibility index (Phi) is 4.42. The highest BCUT2D eigenvalue weighted by molar-refractivity contribution is 6.33. The fraction of sp³-hybridized carbons (Fsp3) is 0.588. The van der Waals surface area contributed by atoms with E-state index in [0.29, 0.717) is 43.1 Å². The first-order chi connectivity index (χ1) is 11.3. The summed E-state index contributed by atoms with van der Waals surface area (Å²) in [7, 11) is 0. The summed E-state index contributed by atoms with van der Waals surface area (Å²) in [6.45, 7) is 6.79. The molecule has 3 heterocycles. The molecule has 0 atom stereocenters. The van der Waals surface area contributed by atoms with Crippen LogP contribution in [0.5, 0.6) is 0 Å². The van der Waals surface area contributed by atoms with Crippen molar-refractivity contribution in [2.24, 2.45) is 5.16 Å². The molecule has 2 aliphatic heterocycles. The van der Waals surface area contributed by atoms with Crippen LogP contribution in [0.2, 0.25) is 5.02 Å². The van der Waals surface area contributed by atoms with E-state index in [-0.39, 0.29) is 11.7 Å². The zero-order chi connectivity index (χ0) is 17.4. The number of amides is 1. The van der Waals surface area contributed by atoms with E-state index in [1.807, 2.05) is 20.8 Å². The quantitative estimate of drug-likeness (QED) is 0.775. The van der Waals surface area contributed by atoms with Crippen molar-refractivity contribution in [2.45, 2.75) is 51.2 Å². The third kappa shape index (κ3) is 3.64. The van der Waals surface area contributed by atoms with Gasteiger partial charge in [-0.3, -0.25) is 4.98 Å². The first-order valence-corrected chi connectivity index (χ1v) is 8.50. The molecule has 1 aromatic heterocycles. The van der Waals surface area contributed by atoms with Gasteiger partial charge in [0.15, 0.2) is 0 Å². The third-order valence-corrected chi connectivity index (χ3v) is 4.50. The molecule has 0 radical (unpaired) electrons. The zero-order valence-electron chi connectivity index (χ0n) is 14.2. The molecule has 1 spiro atoms. The second kappa shape index (κ2) is 6.24. The summed E-state index contributed by atoms with van der Waals surface area (Å²) in [5.74, 6) is 0. The maximum Gasteiger partial charge on any atom is 0.410 e. The third-order valence-electron chi connectivity index (χ3n) is 4.20. The summed E-state index contributed by atoms with van der Waals surface area (Å²) < 4.78 is 5.42. The minimum Gasteiger partial charge on any atom is -0.444 e. The van der Waals surface area contributed by atoms with E-state index in [1.54, 1.807) is 23.2 Å². The van der Waals surface area contributed by atoms with Crippen molar-refractivity contribution >= 4 is 23.4 Å².